The lowest BCUT2D eigenvalue weighted by molar-refractivity contribution is 0.563. The Bertz CT molecular complexity index is 126. The minimum atomic E-state index is 0.750. The van der Waals surface area contributed by atoms with Gasteiger partial charge in [-0.15, -0.1) is 0 Å². The van der Waals surface area contributed by atoms with Gasteiger partial charge in [0, 0.05) is 0 Å². The molecule has 10 heavy (non-hydrogen) atoms. The summed E-state index contributed by atoms with van der Waals surface area (Å²) >= 11 is 0. The average molecular weight is 139 g/mol. The van der Waals surface area contributed by atoms with Crippen molar-refractivity contribution < 1.29 is 4.79 Å². The van der Waals surface area contributed by atoms with Gasteiger partial charge in [-0.25, -0.2) is 10.2 Å². The van der Waals surface area contributed by atoms with E-state index >= 15 is 0 Å². The molecule has 2 heteroatoms. The van der Waals surface area contributed by atoms with Crippen LogP contribution in [0.2, 0.25) is 0 Å². The summed E-state index contributed by atoms with van der Waals surface area (Å²) in [5.41, 5.74) is 1.46. The fourth-order valence-electron chi connectivity index (χ4n) is 1.05. The summed E-state index contributed by atoms with van der Waals surface area (Å²) in [5.74, 6) is 0. The predicted octanol–water partition coefficient (Wildman–Crippen LogP) is 2.41. The minimum absolute atomic E-state index is 0.750. The molecule has 2 nitrogen and oxygen atoms in total. The maximum absolute atomic E-state index is 8.35. The molecule has 1 aliphatic carbocycles. The van der Waals surface area contributed by atoms with E-state index in [4.69, 9.17) is 10.2 Å². The van der Waals surface area contributed by atoms with Gasteiger partial charge in [-0.3, -0.25) is 0 Å². The van der Waals surface area contributed by atoms with Crippen LogP contribution in [0.15, 0.2) is 12.2 Å². The molecule has 0 amide bonds. The zero-order valence-corrected chi connectivity index (χ0v) is 6.15. The minimum Gasteiger partial charge on any atom is -0.222 e. The van der Waals surface area contributed by atoms with E-state index in [1.54, 1.807) is 0 Å². The second-order valence-electron chi connectivity index (χ2n) is 2.41. The van der Waals surface area contributed by atoms with Crippen LogP contribution in [0.25, 0.3) is 0 Å². The van der Waals surface area contributed by atoms with E-state index in [0.717, 1.165) is 6.08 Å². The molecule has 0 radical (unpaired) electrons. The third kappa shape index (κ3) is 5.26. The lowest BCUT2D eigenvalue weighted by atomic mass is 9.97. The van der Waals surface area contributed by atoms with E-state index in [9.17, 15) is 0 Å². The molecule has 0 unspecified atom stereocenters. The molecular weight excluding hydrogens is 126 g/mol. The van der Waals surface area contributed by atoms with E-state index in [1.807, 2.05) is 0 Å². The van der Waals surface area contributed by atoms with Crippen molar-refractivity contribution in [2.75, 3.05) is 0 Å². The van der Waals surface area contributed by atoms with Crippen LogP contribution in [0, 0.1) is 5.41 Å². The van der Waals surface area contributed by atoms with Gasteiger partial charge in [-0.1, -0.05) is 18.6 Å². The van der Waals surface area contributed by atoms with E-state index < -0.39 is 0 Å². The summed E-state index contributed by atoms with van der Waals surface area (Å²) < 4.78 is 0. The zero-order valence-electron chi connectivity index (χ0n) is 6.15. The van der Waals surface area contributed by atoms with Gasteiger partial charge in [0.1, 0.15) is 0 Å². The molecule has 1 fully saturated rings. The fraction of sp³-hybridized carbons (Fsp3) is 0.625. The van der Waals surface area contributed by atoms with E-state index in [1.165, 1.54) is 37.7 Å². The Balaban J connectivity index is 0.000000236. The Labute approximate surface area is 61.5 Å². The highest BCUT2D eigenvalue weighted by Gasteiger charge is 2.00. The third-order valence-corrected chi connectivity index (χ3v) is 1.56. The smallest absolute Gasteiger partial charge is 0.222 e. The van der Waals surface area contributed by atoms with Crippen molar-refractivity contribution in [3.8, 4) is 0 Å². The first kappa shape index (κ1) is 9.12. The summed E-state index contributed by atoms with van der Waals surface area (Å²) in [7, 11) is 0. The van der Waals surface area contributed by atoms with Crippen molar-refractivity contribution in [3.05, 3.63) is 12.2 Å². The number of nitrogens with one attached hydrogen (secondary N) is 1. The lowest BCUT2D eigenvalue weighted by Crippen LogP contribution is -1.90. The maximum Gasteiger partial charge on any atom is 0.231 e. The molecule has 0 heterocycles. The SMILES string of the molecule is C=C1CCCCC1.N=C=O. The van der Waals surface area contributed by atoms with Crippen molar-refractivity contribution in [2.45, 2.75) is 32.1 Å². The van der Waals surface area contributed by atoms with Crippen LogP contribution in [0.3, 0.4) is 0 Å². The molecule has 56 valence electrons. The third-order valence-electron chi connectivity index (χ3n) is 1.56. The molecule has 0 bridgehead atoms. The van der Waals surface area contributed by atoms with Crippen molar-refractivity contribution >= 4 is 6.08 Å². The molecule has 0 spiro atoms. The van der Waals surface area contributed by atoms with Crippen LogP contribution < -0.4 is 0 Å². The molecule has 0 atom stereocenters. The first-order valence-corrected chi connectivity index (χ1v) is 3.51. The van der Waals surface area contributed by atoms with E-state index in [-0.39, 0.29) is 0 Å². The first-order valence-electron chi connectivity index (χ1n) is 3.51. The van der Waals surface area contributed by atoms with Crippen molar-refractivity contribution in [1.29, 1.82) is 5.41 Å². The van der Waals surface area contributed by atoms with Gasteiger partial charge in [-0.2, -0.15) is 0 Å². The van der Waals surface area contributed by atoms with Gasteiger partial charge in [0.15, 0.2) is 0 Å². The second-order valence-corrected chi connectivity index (χ2v) is 2.41. The van der Waals surface area contributed by atoms with Gasteiger partial charge in [-0.05, 0) is 25.7 Å². The van der Waals surface area contributed by atoms with Crippen LogP contribution in [0.5, 0.6) is 0 Å². The van der Waals surface area contributed by atoms with E-state index in [2.05, 4.69) is 6.58 Å². The topological polar surface area (TPSA) is 40.9 Å². The normalized spacial score (nSPS) is 16.6. The quantitative estimate of drug-likeness (QED) is 0.312. The van der Waals surface area contributed by atoms with Gasteiger partial charge in [0.25, 0.3) is 0 Å². The summed E-state index contributed by atoms with van der Waals surface area (Å²) in [5, 5.41) is 5.40. The number of allylic oxidation sites excluding steroid dienone is 1. The highest BCUT2D eigenvalue weighted by Crippen LogP contribution is 2.20. The number of hydrogen-bond donors (Lipinski definition) is 1. The molecule has 0 saturated heterocycles. The largest absolute Gasteiger partial charge is 0.231 e. The Morgan fingerprint density at radius 1 is 1.30 bits per heavy atom. The molecule has 1 saturated carbocycles. The molecule has 0 aromatic carbocycles. The number of rotatable bonds is 0. The van der Waals surface area contributed by atoms with Crippen molar-refractivity contribution in [3.63, 3.8) is 0 Å². The molecule has 0 aliphatic heterocycles. The molecular formula is C8H13NO. The standard InChI is InChI=1S/C7H12.CHNO/c1-7-5-3-2-4-6-7;2-1-3/h1-6H2;2H. The summed E-state index contributed by atoms with van der Waals surface area (Å²) in [4.78, 5) is 8.35. The van der Waals surface area contributed by atoms with Crippen LogP contribution >= 0.6 is 0 Å². The zero-order chi connectivity index (χ0) is 7.82. The highest BCUT2D eigenvalue weighted by atomic mass is 16.1. The fourth-order valence-corrected chi connectivity index (χ4v) is 1.05. The lowest BCUT2D eigenvalue weighted by Gasteiger charge is -2.10. The number of hydrogen-bond acceptors (Lipinski definition) is 2. The molecule has 1 N–H and O–H groups in total. The van der Waals surface area contributed by atoms with E-state index in [0.29, 0.717) is 0 Å². The molecule has 0 aromatic heterocycles. The van der Waals surface area contributed by atoms with Gasteiger partial charge >= 0.3 is 0 Å². The first-order chi connectivity index (χ1) is 4.81. The average Bonchev–Trinajstić information content (AvgIpc) is 1.91. The van der Waals surface area contributed by atoms with Crippen LogP contribution in [-0.4, -0.2) is 6.08 Å². The maximum atomic E-state index is 8.35. The highest BCUT2D eigenvalue weighted by molar-refractivity contribution is 5.26. The Hall–Kier alpha value is -0.880. The van der Waals surface area contributed by atoms with Gasteiger partial charge in [0.05, 0.1) is 0 Å². The Morgan fingerprint density at radius 2 is 1.70 bits per heavy atom. The van der Waals surface area contributed by atoms with Crippen LogP contribution in [0.1, 0.15) is 32.1 Å². The van der Waals surface area contributed by atoms with Gasteiger partial charge < -0.3 is 0 Å². The Morgan fingerprint density at radius 3 is 1.90 bits per heavy atom. The summed E-state index contributed by atoms with van der Waals surface area (Å²) in [6.45, 7) is 3.91. The number of isocyanates is 1. The summed E-state index contributed by atoms with van der Waals surface area (Å²) in [6, 6.07) is 0. The monoisotopic (exact) mass is 139 g/mol. The summed E-state index contributed by atoms with van der Waals surface area (Å²) in [6.07, 6.45) is 7.54. The molecule has 1 aliphatic rings. The van der Waals surface area contributed by atoms with Crippen molar-refractivity contribution in [2.24, 2.45) is 0 Å². The van der Waals surface area contributed by atoms with Crippen LogP contribution in [-0.2, 0) is 4.79 Å². The molecule has 1 rings (SSSR count). The van der Waals surface area contributed by atoms with Crippen LogP contribution in [0.4, 0.5) is 0 Å². The number of carbonyl (C=O) groups excluding carboxylic acids is 1. The Kier molecular flexibility index (Phi) is 5.69. The second kappa shape index (κ2) is 6.24. The predicted molar refractivity (Wildman–Crippen MR) is 40.6 cm³/mol. The molecule has 0 aromatic rings. The van der Waals surface area contributed by atoms with Crippen molar-refractivity contribution in [1.82, 2.24) is 0 Å². The van der Waals surface area contributed by atoms with Gasteiger partial charge in [0.2, 0.25) is 6.08 Å².